The van der Waals surface area contributed by atoms with Crippen molar-refractivity contribution in [2.24, 2.45) is 0 Å². The molecular formula is C30H33FN6O. The van der Waals surface area contributed by atoms with Gasteiger partial charge in [-0.1, -0.05) is 42.0 Å². The number of aromatic nitrogens is 3. The Bertz CT molecular complexity index is 1510. The van der Waals surface area contributed by atoms with Crippen molar-refractivity contribution in [3.8, 4) is 17.3 Å². The van der Waals surface area contributed by atoms with Crippen LogP contribution in [-0.2, 0) is 0 Å². The van der Waals surface area contributed by atoms with Crippen LogP contribution < -0.4 is 15.0 Å². The minimum Gasteiger partial charge on any atom is -0.462 e. The molecule has 3 saturated heterocycles. The highest BCUT2D eigenvalue weighted by molar-refractivity contribution is 5.99. The first kappa shape index (κ1) is 23.7. The van der Waals surface area contributed by atoms with Gasteiger partial charge in [-0.3, -0.25) is 4.98 Å². The van der Waals surface area contributed by atoms with Gasteiger partial charge in [0.25, 0.3) is 0 Å². The Balaban J connectivity index is 1.34. The number of fused-ring (bicyclic) bond motifs is 4. The molecule has 0 saturated carbocycles. The average Bonchev–Trinajstić information content (AvgIpc) is 3.50. The standard InChI is InChI=1S/C30H33FN6O/c1-18-8-11-23-19(13-18)5-3-7-24(23)27-26(31)28-25(14-32-27)29(37-15-20-9-10-21(16-37)33-20)35-30(34-28)38-17-22-6-4-12-36(22)2/h3,5,7-8,11,13-14,20-22,33H,4,6,9-10,12,15-17H2,1-2H3/t20-,21+,22-/m0/s1. The van der Waals surface area contributed by atoms with Gasteiger partial charge in [0.1, 0.15) is 23.6 Å². The lowest BCUT2D eigenvalue weighted by molar-refractivity contribution is 0.188. The Morgan fingerprint density at radius 3 is 2.68 bits per heavy atom. The van der Waals surface area contributed by atoms with Crippen LogP contribution in [0.25, 0.3) is 32.9 Å². The van der Waals surface area contributed by atoms with Gasteiger partial charge in [0.05, 0.1) is 5.39 Å². The molecule has 7 rings (SSSR count). The highest BCUT2D eigenvalue weighted by atomic mass is 19.1. The summed E-state index contributed by atoms with van der Waals surface area (Å²) in [4.78, 5) is 18.7. The second-order valence-electron chi connectivity index (χ2n) is 11.2. The average molecular weight is 513 g/mol. The third kappa shape index (κ3) is 4.16. The maximum Gasteiger partial charge on any atom is 0.319 e. The number of pyridine rings is 1. The third-order valence-electron chi connectivity index (χ3n) is 8.53. The van der Waals surface area contributed by atoms with Crippen LogP contribution in [0, 0.1) is 12.7 Å². The maximum absolute atomic E-state index is 16.4. The van der Waals surface area contributed by atoms with E-state index in [-0.39, 0.29) is 11.5 Å². The molecule has 2 bridgehead atoms. The lowest BCUT2D eigenvalue weighted by atomic mass is 9.99. The first-order valence-corrected chi connectivity index (χ1v) is 13.7. The summed E-state index contributed by atoms with van der Waals surface area (Å²) in [5.74, 6) is 0.287. The van der Waals surface area contributed by atoms with Crippen LogP contribution in [0.4, 0.5) is 10.2 Å². The number of halogens is 1. The molecule has 0 unspecified atom stereocenters. The number of anilines is 1. The monoisotopic (exact) mass is 512 g/mol. The number of hydrogen-bond acceptors (Lipinski definition) is 7. The molecule has 38 heavy (non-hydrogen) atoms. The Morgan fingerprint density at radius 2 is 1.89 bits per heavy atom. The molecule has 2 aromatic heterocycles. The summed E-state index contributed by atoms with van der Waals surface area (Å²) in [5.41, 5.74) is 2.50. The molecule has 3 fully saturated rings. The van der Waals surface area contributed by atoms with Crippen molar-refractivity contribution in [1.82, 2.24) is 25.2 Å². The summed E-state index contributed by atoms with van der Waals surface area (Å²) < 4.78 is 22.6. The lowest BCUT2D eigenvalue weighted by Crippen LogP contribution is -2.51. The second kappa shape index (κ2) is 9.43. The van der Waals surface area contributed by atoms with Crippen molar-refractivity contribution < 1.29 is 9.13 Å². The highest BCUT2D eigenvalue weighted by Gasteiger charge is 2.34. The van der Waals surface area contributed by atoms with Gasteiger partial charge in [-0.2, -0.15) is 9.97 Å². The van der Waals surface area contributed by atoms with Gasteiger partial charge >= 0.3 is 6.01 Å². The molecule has 7 nitrogen and oxygen atoms in total. The number of hydrogen-bond donors (Lipinski definition) is 1. The molecule has 4 aromatic rings. The predicted molar refractivity (Wildman–Crippen MR) is 148 cm³/mol. The number of likely N-dealkylation sites (N-methyl/N-ethyl adjacent to an activating group) is 1. The molecule has 1 N–H and O–H groups in total. The highest BCUT2D eigenvalue weighted by Crippen LogP contribution is 2.36. The van der Waals surface area contributed by atoms with Crippen LogP contribution in [0.15, 0.2) is 42.6 Å². The zero-order valence-electron chi connectivity index (χ0n) is 22.0. The number of benzene rings is 2. The largest absolute Gasteiger partial charge is 0.462 e. The number of nitrogens with one attached hydrogen (secondary N) is 1. The normalized spacial score (nSPS) is 23.6. The Kier molecular flexibility index (Phi) is 5.89. The van der Waals surface area contributed by atoms with Gasteiger partial charge < -0.3 is 19.9 Å². The summed E-state index contributed by atoms with van der Waals surface area (Å²) in [6, 6.07) is 13.6. The van der Waals surface area contributed by atoms with Gasteiger partial charge in [-0.05, 0) is 57.0 Å². The van der Waals surface area contributed by atoms with Crippen LogP contribution in [0.3, 0.4) is 0 Å². The van der Waals surface area contributed by atoms with Crippen LogP contribution in [0.2, 0.25) is 0 Å². The lowest BCUT2D eigenvalue weighted by Gasteiger charge is -2.34. The molecule has 3 atom stereocenters. The van der Waals surface area contributed by atoms with E-state index in [9.17, 15) is 0 Å². The van der Waals surface area contributed by atoms with E-state index in [1.165, 1.54) is 5.56 Å². The Labute approximate surface area is 222 Å². The summed E-state index contributed by atoms with van der Waals surface area (Å²) in [5, 5.41) is 6.34. The van der Waals surface area contributed by atoms with Crippen molar-refractivity contribution in [1.29, 1.82) is 0 Å². The fourth-order valence-corrected chi connectivity index (χ4v) is 6.46. The molecule has 8 heteroatoms. The molecule has 196 valence electrons. The van der Waals surface area contributed by atoms with Gasteiger partial charge in [-0.15, -0.1) is 0 Å². The van der Waals surface area contributed by atoms with E-state index in [0.717, 1.165) is 67.5 Å². The van der Waals surface area contributed by atoms with Crippen molar-refractivity contribution in [2.45, 2.75) is 50.7 Å². The SMILES string of the molecule is Cc1ccc2c(-c3ncc4c(N5C[C@H]6CC[C@@H](C5)N6)nc(OC[C@@H]5CCCN5C)nc4c3F)cccc2c1. The first-order valence-electron chi connectivity index (χ1n) is 13.7. The van der Waals surface area contributed by atoms with Crippen molar-refractivity contribution in [3.05, 3.63) is 54.0 Å². The van der Waals surface area contributed by atoms with Crippen LogP contribution >= 0.6 is 0 Å². The van der Waals surface area contributed by atoms with Gasteiger partial charge in [0, 0.05) is 43.0 Å². The van der Waals surface area contributed by atoms with E-state index in [1.54, 1.807) is 6.20 Å². The van der Waals surface area contributed by atoms with Crippen LogP contribution in [0.5, 0.6) is 6.01 Å². The molecule has 2 aromatic carbocycles. The number of rotatable bonds is 5. The molecular weight excluding hydrogens is 479 g/mol. The van der Waals surface area contributed by atoms with Gasteiger partial charge in [-0.25, -0.2) is 4.39 Å². The number of aryl methyl sites for hydroxylation is 1. The van der Waals surface area contributed by atoms with Gasteiger partial charge in [0.2, 0.25) is 0 Å². The zero-order valence-corrected chi connectivity index (χ0v) is 22.0. The topological polar surface area (TPSA) is 66.4 Å². The van der Waals surface area contributed by atoms with Crippen LogP contribution in [-0.4, -0.2) is 71.3 Å². The quantitative estimate of drug-likeness (QED) is 0.416. The van der Waals surface area contributed by atoms with Gasteiger partial charge in [0.15, 0.2) is 5.82 Å². The van der Waals surface area contributed by atoms with Crippen molar-refractivity contribution >= 4 is 27.5 Å². The number of ether oxygens (including phenoxy) is 1. The van der Waals surface area contributed by atoms with E-state index in [4.69, 9.17) is 9.72 Å². The van der Waals surface area contributed by atoms with Crippen molar-refractivity contribution in [3.63, 3.8) is 0 Å². The summed E-state index contributed by atoms with van der Waals surface area (Å²) >= 11 is 0. The molecule has 3 aliphatic heterocycles. The first-order chi connectivity index (χ1) is 18.5. The van der Waals surface area contributed by atoms with E-state index in [0.29, 0.717) is 35.8 Å². The number of piperazine rings is 1. The Morgan fingerprint density at radius 1 is 1.05 bits per heavy atom. The molecule has 0 radical (unpaired) electrons. The van der Waals surface area contributed by atoms with Crippen molar-refractivity contribution in [2.75, 3.05) is 38.2 Å². The summed E-state index contributed by atoms with van der Waals surface area (Å²) in [6.45, 7) is 5.29. The molecule has 5 heterocycles. The third-order valence-corrected chi connectivity index (χ3v) is 8.53. The fourth-order valence-electron chi connectivity index (χ4n) is 6.46. The molecule has 0 spiro atoms. The van der Waals surface area contributed by atoms with E-state index >= 15 is 4.39 Å². The number of nitrogens with zero attached hydrogens (tertiary/aromatic N) is 5. The molecule has 0 amide bonds. The van der Waals surface area contributed by atoms with E-state index in [1.807, 2.05) is 18.2 Å². The number of likely N-dealkylation sites (tertiary alicyclic amines) is 1. The maximum atomic E-state index is 16.4. The van der Waals surface area contributed by atoms with Crippen LogP contribution in [0.1, 0.15) is 31.2 Å². The Hall–Kier alpha value is -3.36. The molecule has 3 aliphatic rings. The molecule has 0 aliphatic carbocycles. The van der Waals surface area contributed by atoms with E-state index in [2.05, 4.69) is 57.3 Å². The summed E-state index contributed by atoms with van der Waals surface area (Å²) in [6.07, 6.45) is 6.29. The fraction of sp³-hybridized carbons (Fsp3) is 0.433. The minimum atomic E-state index is -0.430. The van der Waals surface area contributed by atoms with E-state index < -0.39 is 5.82 Å². The predicted octanol–water partition coefficient (Wildman–Crippen LogP) is 4.71. The summed E-state index contributed by atoms with van der Waals surface area (Å²) in [7, 11) is 2.12. The zero-order chi connectivity index (χ0) is 25.8. The minimum absolute atomic E-state index is 0.239. The smallest absolute Gasteiger partial charge is 0.319 e. The second-order valence-corrected chi connectivity index (χ2v) is 11.2.